The summed E-state index contributed by atoms with van der Waals surface area (Å²) in [5.41, 5.74) is 12.8. The Morgan fingerprint density at radius 2 is 1.87 bits per heavy atom. The summed E-state index contributed by atoms with van der Waals surface area (Å²) in [5, 5.41) is 4.00. The van der Waals surface area contributed by atoms with Gasteiger partial charge in [-0.25, -0.2) is 5.01 Å². The number of fused-ring (bicyclic) bond motifs is 2. The maximum Gasteiger partial charge on any atom is 0.190 e. The van der Waals surface area contributed by atoms with E-state index in [0.717, 1.165) is 18.5 Å². The second-order valence-electron chi connectivity index (χ2n) is 5.85. The number of anilines is 1. The van der Waals surface area contributed by atoms with Gasteiger partial charge in [-0.05, 0) is 61.2 Å². The molecule has 122 valence electrons. The summed E-state index contributed by atoms with van der Waals surface area (Å²) in [5.74, 6) is 1.65. The van der Waals surface area contributed by atoms with Crippen molar-refractivity contribution in [3.8, 4) is 5.75 Å². The lowest BCUT2D eigenvalue weighted by Gasteiger charge is -2.42. The Balaban J connectivity index is 2.02. The Bertz CT molecular complexity index is 663. The lowest BCUT2D eigenvalue weighted by molar-refractivity contribution is 0.282. The zero-order chi connectivity index (χ0) is 16.6. The second kappa shape index (κ2) is 6.33. The van der Waals surface area contributed by atoms with Gasteiger partial charge in [-0.2, -0.15) is 0 Å². The number of methoxy groups -OCH3 is 1. The van der Waals surface area contributed by atoms with E-state index in [0.29, 0.717) is 17.6 Å². The van der Waals surface area contributed by atoms with Gasteiger partial charge >= 0.3 is 0 Å². The molecule has 23 heavy (non-hydrogen) atoms. The molecule has 0 spiro atoms. The molecule has 3 unspecified atom stereocenters. The molecule has 4 N–H and O–H groups in total. The molecule has 0 heterocycles. The van der Waals surface area contributed by atoms with Crippen molar-refractivity contribution in [1.29, 1.82) is 0 Å². The number of allylic oxidation sites excluding steroid dienone is 1. The van der Waals surface area contributed by atoms with Gasteiger partial charge in [-0.15, -0.1) is 0 Å². The quantitative estimate of drug-likeness (QED) is 0.493. The van der Waals surface area contributed by atoms with E-state index in [2.05, 4.69) is 12.2 Å². The number of ether oxygens (including phenoxy) is 1. The minimum absolute atomic E-state index is 0.161. The van der Waals surface area contributed by atoms with Crippen molar-refractivity contribution >= 4 is 40.3 Å². The molecule has 3 atom stereocenters. The molecule has 1 aromatic carbocycles. The van der Waals surface area contributed by atoms with Crippen LogP contribution in [0.4, 0.5) is 5.69 Å². The van der Waals surface area contributed by atoms with Gasteiger partial charge < -0.3 is 16.2 Å². The molecule has 2 aliphatic carbocycles. The lowest BCUT2D eigenvalue weighted by atomic mass is 10.0. The normalized spacial score (nSPS) is 24.5. The zero-order valence-corrected chi connectivity index (χ0v) is 14.5. The molecule has 0 radical (unpaired) electrons. The topological polar surface area (TPSA) is 67.8 Å². The van der Waals surface area contributed by atoms with E-state index < -0.39 is 0 Å². The van der Waals surface area contributed by atoms with Gasteiger partial charge in [0.1, 0.15) is 11.4 Å². The first kappa shape index (κ1) is 16.0. The number of nitrogens with two attached hydrogens (primary N) is 2. The van der Waals surface area contributed by atoms with Crippen LogP contribution in [0.3, 0.4) is 0 Å². The fourth-order valence-electron chi connectivity index (χ4n) is 3.59. The summed E-state index contributed by atoms with van der Waals surface area (Å²) in [6.07, 6.45) is 6.63. The van der Waals surface area contributed by atoms with E-state index in [1.807, 2.05) is 29.3 Å². The third kappa shape index (κ3) is 2.86. The first-order valence-electron chi connectivity index (χ1n) is 7.52. The van der Waals surface area contributed by atoms with Crippen LogP contribution in [0.15, 0.2) is 36.4 Å². The molecule has 2 aliphatic rings. The SMILES string of the molecule is COc1ccccc1N(C(N)=S)N(C(N)=S)C1CC2C=CC1C2. The Morgan fingerprint density at radius 1 is 1.13 bits per heavy atom. The van der Waals surface area contributed by atoms with Gasteiger partial charge in [-0.1, -0.05) is 24.3 Å². The highest BCUT2D eigenvalue weighted by Gasteiger charge is 2.42. The number of para-hydroxylation sites is 2. The van der Waals surface area contributed by atoms with E-state index >= 15 is 0 Å². The predicted molar refractivity (Wildman–Crippen MR) is 100 cm³/mol. The number of hydrogen-bond donors (Lipinski definition) is 2. The van der Waals surface area contributed by atoms with Gasteiger partial charge in [0.15, 0.2) is 10.2 Å². The average Bonchev–Trinajstić information content (AvgIpc) is 3.14. The molecule has 1 fully saturated rings. The predicted octanol–water partition coefficient (Wildman–Crippen LogP) is 2.17. The van der Waals surface area contributed by atoms with Crippen LogP contribution in [0.5, 0.6) is 5.75 Å². The van der Waals surface area contributed by atoms with E-state index in [1.54, 1.807) is 12.1 Å². The largest absolute Gasteiger partial charge is 0.494 e. The summed E-state index contributed by atoms with van der Waals surface area (Å²) in [4.78, 5) is 0. The molecule has 1 saturated carbocycles. The van der Waals surface area contributed by atoms with Crippen molar-refractivity contribution in [2.45, 2.75) is 18.9 Å². The molecule has 7 heteroatoms. The van der Waals surface area contributed by atoms with Crippen molar-refractivity contribution in [3.05, 3.63) is 36.4 Å². The van der Waals surface area contributed by atoms with Gasteiger partial charge in [0.2, 0.25) is 0 Å². The number of nitrogens with zero attached hydrogens (tertiary/aromatic N) is 2. The molecule has 0 saturated heterocycles. The molecule has 2 bridgehead atoms. The monoisotopic (exact) mass is 348 g/mol. The summed E-state index contributed by atoms with van der Waals surface area (Å²) in [7, 11) is 1.61. The Labute approximate surface area is 146 Å². The van der Waals surface area contributed by atoms with Crippen LogP contribution in [-0.2, 0) is 0 Å². The van der Waals surface area contributed by atoms with Gasteiger partial charge in [0.05, 0.1) is 13.2 Å². The van der Waals surface area contributed by atoms with E-state index in [4.69, 9.17) is 40.6 Å². The molecule has 0 amide bonds. The second-order valence-corrected chi connectivity index (χ2v) is 6.69. The van der Waals surface area contributed by atoms with Crippen molar-refractivity contribution in [1.82, 2.24) is 5.01 Å². The van der Waals surface area contributed by atoms with Crippen molar-refractivity contribution in [2.24, 2.45) is 23.3 Å². The van der Waals surface area contributed by atoms with E-state index in [1.165, 1.54) is 0 Å². The first-order chi connectivity index (χ1) is 11.0. The van der Waals surface area contributed by atoms with Crippen LogP contribution in [0.1, 0.15) is 12.8 Å². The van der Waals surface area contributed by atoms with E-state index in [-0.39, 0.29) is 16.3 Å². The number of rotatable bonds is 3. The molecule has 1 aromatic rings. The number of thiocarbonyl (C=S) groups is 2. The molecule has 3 rings (SSSR count). The third-order valence-corrected chi connectivity index (χ3v) is 4.88. The lowest BCUT2D eigenvalue weighted by Crippen LogP contribution is -2.59. The number of hydrogen-bond acceptors (Lipinski definition) is 3. The Kier molecular flexibility index (Phi) is 4.41. The van der Waals surface area contributed by atoms with Crippen LogP contribution in [0, 0.1) is 11.8 Å². The summed E-state index contributed by atoms with van der Waals surface area (Å²) in [6, 6.07) is 7.71. The smallest absolute Gasteiger partial charge is 0.190 e. The summed E-state index contributed by atoms with van der Waals surface area (Å²) < 4.78 is 5.45. The fraction of sp³-hybridized carbons (Fsp3) is 0.375. The average molecular weight is 348 g/mol. The minimum atomic E-state index is 0.161. The highest BCUT2D eigenvalue weighted by Crippen LogP contribution is 2.43. The van der Waals surface area contributed by atoms with Crippen LogP contribution in [0.2, 0.25) is 0 Å². The molecule has 5 nitrogen and oxygen atoms in total. The van der Waals surface area contributed by atoms with Crippen LogP contribution < -0.4 is 21.2 Å². The maximum absolute atomic E-state index is 6.05. The van der Waals surface area contributed by atoms with Crippen LogP contribution in [0.25, 0.3) is 0 Å². The van der Waals surface area contributed by atoms with E-state index in [9.17, 15) is 0 Å². The number of hydrazine groups is 1. The highest BCUT2D eigenvalue weighted by molar-refractivity contribution is 7.80. The van der Waals surface area contributed by atoms with Gasteiger partial charge in [-0.3, -0.25) is 5.01 Å². The van der Waals surface area contributed by atoms with Crippen molar-refractivity contribution in [3.63, 3.8) is 0 Å². The minimum Gasteiger partial charge on any atom is -0.494 e. The third-order valence-electron chi connectivity index (χ3n) is 4.52. The van der Waals surface area contributed by atoms with Crippen molar-refractivity contribution in [2.75, 3.05) is 12.1 Å². The summed E-state index contributed by atoms with van der Waals surface area (Å²) >= 11 is 10.6. The zero-order valence-electron chi connectivity index (χ0n) is 12.9. The molecule has 0 aromatic heterocycles. The standard InChI is InChI=1S/C16H20N4OS2/c1-21-14-5-3-2-4-12(14)19(15(17)22)20(16(18)23)13-9-10-6-7-11(13)8-10/h2-7,10-11,13H,8-9H2,1H3,(H2,17,22)(H2,18,23). The fourth-order valence-corrected chi connectivity index (χ4v) is 3.99. The molecular weight excluding hydrogens is 328 g/mol. The van der Waals surface area contributed by atoms with Gasteiger partial charge in [0.25, 0.3) is 0 Å². The Hall–Kier alpha value is -1.86. The van der Waals surface area contributed by atoms with Crippen molar-refractivity contribution < 1.29 is 4.74 Å². The Morgan fingerprint density at radius 3 is 2.39 bits per heavy atom. The number of benzene rings is 1. The molecular formula is C16H20N4OS2. The van der Waals surface area contributed by atoms with Crippen LogP contribution in [-0.4, -0.2) is 28.4 Å². The molecule has 0 aliphatic heterocycles. The van der Waals surface area contributed by atoms with Gasteiger partial charge in [0, 0.05) is 0 Å². The maximum atomic E-state index is 6.05. The highest BCUT2D eigenvalue weighted by atomic mass is 32.1. The van der Waals surface area contributed by atoms with Crippen LogP contribution >= 0.6 is 24.4 Å². The summed E-state index contributed by atoms with van der Waals surface area (Å²) in [6.45, 7) is 0. The first-order valence-corrected chi connectivity index (χ1v) is 8.34.